The van der Waals surface area contributed by atoms with Crippen molar-refractivity contribution in [3.8, 4) is 33.4 Å². The fourth-order valence-corrected chi connectivity index (χ4v) is 7.64. The molecule has 6 aromatic carbocycles. The molecule has 0 aliphatic heterocycles. The van der Waals surface area contributed by atoms with Gasteiger partial charge >= 0.3 is 0 Å². The highest BCUT2D eigenvalue weighted by Gasteiger charge is 2.51. The molecule has 0 saturated carbocycles. The van der Waals surface area contributed by atoms with Crippen LogP contribution < -0.4 is 4.90 Å². The van der Waals surface area contributed by atoms with Crippen LogP contribution in [0, 0.1) is 0 Å². The molecule has 2 aliphatic carbocycles. The number of hydrogen-bond donors (Lipinski definition) is 0. The van der Waals surface area contributed by atoms with Crippen molar-refractivity contribution >= 4 is 11.4 Å². The first-order chi connectivity index (χ1) is 20.5. The zero-order valence-electron chi connectivity index (χ0n) is 24.3. The first-order valence-corrected chi connectivity index (χ1v) is 14.9. The Labute approximate surface area is 248 Å². The van der Waals surface area contributed by atoms with Gasteiger partial charge in [-0.25, -0.2) is 0 Å². The fourth-order valence-electron chi connectivity index (χ4n) is 7.64. The highest BCUT2D eigenvalue weighted by atomic mass is 15.2. The van der Waals surface area contributed by atoms with E-state index >= 15 is 0 Å². The summed E-state index contributed by atoms with van der Waals surface area (Å²) < 4.78 is 0. The third kappa shape index (κ3) is 3.37. The summed E-state index contributed by atoms with van der Waals surface area (Å²) in [5.74, 6) is 0. The van der Waals surface area contributed by atoms with Crippen molar-refractivity contribution in [2.75, 3.05) is 4.90 Å². The Morgan fingerprint density at radius 2 is 0.881 bits per heavy atom. The SMILES string of the molecule is CC(C)(C)N(c1ccc2c(c1)C1(c3ccccc3-c3ccccc31)c1ccccc1-2)c1ccccc1-c1ccccc1. The van der Waals surface area contributed by atoms with E-state index in [2.05, 4.69) is 171 Å². The van der Waals surface area contributed by atoms with Gasteiger partial charge in [-0.15, -0.1) is 0 Å². The molecular weight excluding hydrogens is 506 g/mol. The molecule has 8 rings (SSSR count). The Morgan fingerprint density at radius 1 is 0.429 bits per heavy atom. The second-order valence-electron chi connectivity index (χ2n) is 12.5. The minimum atomic E-state index is -0.350. The van der Waals surface area contributed by atoms with E-state index in [1.165, 1.54) is 67.0 Å². The second-order valence-corrected chi connectivity index (χ2v) is 12.5. The Balaban J connectivity index is 1.42. The monoisotopic (exact) mass is 539 g/mol. The van der Waals surface area contributed by atoms with Gasteiger partial charge in [-0.2, -0.15) is 0 Å². The normalized spacial score (nSPS) is 13.8. The topological polar surface area (TPSA) is 3.24 Å². The van der Waals surface area contributed by atoms with Gasteiger partial charge in [-0.3, -0.25) is 0 Å². The van der Waals surface area contributed by atoms with Crippen LogP contribution in [0.1, 0.15) is 43.0 Å². The van der Waals surface area contributed by atoms with E-state index in [1.807, 2.05) is 0 Å². The van der Waals surface area contributed by atoms with E-state index in [4.69, 9.17) is 0 Å². The summed E-state index contributed by atoms with van der Waals surface area (Å²) in [6.07, 6.45) is 0. The molecule has 0 atom stereocenters. The fraction of sp³-hybridized carbons (Fsp3) is 0.122. The lowest BCUT2D eigenvalue weighted by Gasteiger charge is -2.40. The molecule has 0 N–H and O–H groups in total. The Bertz CT molecular complexity index is 1910. The quantitative estimate of drug-likeness (QED) is 0.216. The van der Waals surface area contributed by atoms with Crippen molar-refractivity contribution < 1.29 is 0 Å². The number of para-hydroxylation sites is 1. The largest absolute Gasteiger partial charge is 0.336 e. The van der Waals surface area contributed by atoms with E-state index in [-0.39, 0.29) is 11.0 Å². The lowest BCUT2D eigenvalue weighted by atomic mass is 9.70. The summed E-state index contributed by atoms with van der Waals surface area (Å²) in [7, 11) is 0. The smallest absolute Gasteiger partial charge is 0.0726 e. The number of rotatable bonds is 3. The molecule has 1 nitrogen and oxygen atoms in total. The maximum absolute atomic E-state index is 2.53. The first-order valence-electron chi connectivity index (χ1n) is 14.9. The first kappa shape index (κ1) is 24.9. The van der Waals surface area contributed by atoms with Gasteiger partial charge in [0.05, 0.1) is 5.41 Å². The third-order valence-electron chi connectivity index (χ3n) is 9.14. The van der Waals surface area contributed by atoms with E-state index in [0.29, 0.717) is 0 Å². The van der Waals surface area contributed by atoms with Gasteiger partial charge in [0, 0.05) is 22.5 Å². The van der Waals surface area contributed by atoms with E-state index < -0.39 is 0 Å². The van der Waals surface area contributed by atoms with Gasteiger partial charge in [0.2, 0.25) is 0 Å². The van der Waals surface area contributed by atoms with Crippen LogP contribution in [0.15, 0.2) is 146 Å². The number of fused-ring (bicyclic) bond motifs is 10. The molecule has 42 heavy (non-hydrogen) atoms. The summed E-state index contributed by atoms with van der Waals surface area (Å²) in [6, 6.07) is 53.8. The summed E-state index contributed by atoms with van der Waals surface area (Å²) >= 11 is 0. The van der Waals surface area contributed by atoms with Gasteiger partial charge < -0.3 is 4.90 Å². The molecule has 0 amide bonds. The Morgan fingerprint density at radius 3 is 1.43 bits per heavy atom. The second kappa shape index (κ2) is 9.06. The molecule has 2 aliphatic rings. The minimum absolute atomic E-state index is 0.163. The van der Waals surface area contributed by atoms with Crippen LogP contribution in [0.3, 0.4) is 0 Å². The predicted molar refractivity (Wildman–Crippen MR) is 177 cm³/mol. The molecule has 0 heterocycles. The Hall–Kier alpha value is -4.88. The van der Waals surface area contributed by atoms with Gasteiger partial charge in [0.15, 0.2) is 0 Å². The van der Waals surface area contributed by atoms with Crippen LogP contribution in [0.5, 0.6) is 0 Å². The van der Waals surface area contributed by atoms with E-state index in [9.17, 15) is 0 Å². The van der Waals surface area contributed by atoms with Gasteiger partial charge in [-0.05, 0) is 89.0 Å². The maximum atomic E-state index is 2.53. The van der Waals surface area contributed by atoms with Gasteiger partial charge in [0.25, 0.3) is 0 Å². The molecule has 0 radical (unpaired) electrons. The predicted octanol–water partition coefficient (Wildman–Crippen LogP) is 10.6. The lowest BCUT2D eigenvalue weighted by molar-refractivity contribution is 0.560. The van der Waals surface area contributed by atoms with E-state index in [0.717, 1.165) is 0 Å². The van der Waals surface area contributed by atoms with Gasteiger partial charge in [-0.1, -0.05) is 127 Å². The number of hydrogen-bond acceptors (Lipinski definition) is 1. The van der Waals surface area contributed by atoms with Crippen molar-refractivity contribution in [1.29, 1.82) is 0 Å². The van der Waals surface area contributed by atoms with Crippen LogP contribution in [0.25, 0.3) is 33.4 Å². The van der Waals surface area contributed by atoms with Crippen LogP contribution >= 0.6 is 0 Å². The van der Waals surface area contributed by atoms with Crippen molar-refractivity contribution in [3.63, 3.8) is 0 Å². The van der Waals surface area contributed by atoms with Crippen LogP contribution in [-0.2, 0) is 5.41 Å². The molecule has 0 saturated heterocycles. The molecule has 0 bridgehead atoms. The summed E-state index contributed by atoms with van der Waals surface area (Å²) in [5.41, 5.74) is 15.2. The molecule has 202 valence electrons. The molecule has 1 heteroatoms. The molecule has 1 spiro atoms. The maximum Gasteiger partial charge on any atom is 0.0726 e. The average molecular weight is 540 g/mol. The molecule has 0 fully saturated rings. The number of anilines is 2. The van der Waals surface area contributed by atoms with E-state index in [1.54, 1.807) is 0 Å². The van der Waals surface area contributed by atoms with Crippen LogP contribution in [0.2, 0.25) is 0 Å². The highest BCUT2D eigenvalue weighted by Crippen LogP contribution is 2.63. The lowest BCUT2D eigenvalue weighted by Crippen LogP contribution is -2.38. The molecular formula is C41H33N. The minimum Gasteiger partial charge on any atom is -0.336 e. The third-order valence-corrected chi connectivity index (χ3v) is 9.14. The van der Waals surface area contributed by atoms with Gasteiger partial charge in [0.1, 0.15) is 0 Å². The van der Waals surface area contributed by atoms with Crippen molar-refractivity contribution in [1.82, 2.24) is 0 Å². The van der Waals surface area contributed by atoms with Crippen molar-refractivity contribution in [2.45, 2.75) is 31.7 Å². The summed E-state index contributed by atoms with van der Waals surface area (Å²) in [5, 5.41) is 0. The summed E-state index contributed by atoms with van der Waals surface area (Å²) in [6.45, 7) is 6.94. The highest BCUT2D eigenvalue weighted by molar-refractivity contribution is 5.96. The Kier molecular flexibility index (Phi) is 5.37. The average Bonchev–Trinajstić information content (AvgIpc) is 3.48. The molecule has 0 unspecified atom stereocenters. The van der Waals surface area contributed by atoms with Crippen molar-refractivity contribution in [3.05, 3.63) is 168 Å². The zero-order valence-corrected chi connectivity index (χ0v) is 24.3. The summed E-state index contributed by atoms with van der Waals surface area (Å²) in [4.78, 5) is 2.53. The zero-order chi connectivity index (χ0) is 28.5. The van der Waals surface area contributed by atoms with Crippen molar-refractivity contribution in [2.24, 2.45) is 0 Å². The van der Waals surface area contributed by atoms with Crippen LogP contribution in [-0.4, -0.2) is 5.54 Å². The van der Waals surface area contributed by atoms with Crippen LogP contribution in [0.4, 0.5) is 11.4 Å². The molecule has 6 aromatic rings. The molecule has 0 aromatic heterocycles. The number of nitrogens with zero attached hydrogens (tertiary/aromatic N) is 1. The standard InChI is InChI=1S/C41H33N/c1-40(2,3)42(39-24-14-10-17-30(39)28-15-5-4-6-16-28)29-25-26-34-33-20-9-13-23-37(33)41(38(34)27-29)35-21-11-7-18-31(35)32-19-8-12-22-36(32)41/h4-27H,1-3H3. The number of benzene rings is 6.